The smallest absolute Gasteiger partial charge is 0.234 e. The van der Waals surface area contributed by atoms with E-state index in [1.165, 1.54) is 0 Å². The molecule has 0 aromatic heterocycles. The van der Waals surface area contributed by atoms with Crippen molar-refractivity contribution in [1.82, 2.24) is 5.32 Å². The molecule has 0 aromatic rings. The summed E-state index contributed by atoms with van der Waals surface area (Å²) < 4.78 is 0. The van der Waals surface area contributed by atoms with Gasteiger partial charge in [0.15, 0.2) is 0 Å². The number of rotatable bonds is 5. The molecule has 0 saturated heterocycles. The van der Waals surface area contributed by atoms with Crippen molar-refractivity contribution in [2.45, 2.75) is 32.7 Å². The largest absolute Gasteiger partial charge is 0.368 e. The van der Waals surface area contributed by atoms with Crippen LogP contribution in [0.3, 0.4) is 0 Å². The molecule has 0 saturated carbocycles. The molecule has 0 aliphatic rings. The van der Waals surface area contributed by atoms with E-state index in [0.29, 0.717) is 0 Å². The number of carbonyl (C=O) groups excluding carboxylic acids is 1. The molecule has 0 aliphatic heterocycles. The normalized spacial score (nSPS) is 11.5. The van der Waals surface area contributed by atoms with Crippen molar-refractivity contribution in [3.63, 3.8) is 0 Å². The zero-order valence-electron chi connectivity index (χ0n) is 7.68. The maximum atomic E-state index is 10.7. The number of nitrogens with two attached hydrogens (primary N) is 1. The Morgan fingerprint density at radius 1 is 1.67 bits per heavy atom. The van der Waals surface area contributed by atoms with Gasteiger partial charge in [0.2, 0.25) is 5.91 Å². The van der Waals surface area contributed by atoms with Gasteiger partial charge in [-0.25, -0.2) is 0 Å². The van der Waals surface area contributed by atoms with Crippen molar-refractivity contribution in [3.05, 3.63) is 0 Å². The lowest BCUT2D eigenvalue weighted by Crippen LogP contribution is -2.41. The average molecular weight is 168 g/mol. The summed E-state index contributed by atoms with van der Waals surface area (Å²) in [7, 11) is 0. The Hall–Kier alpha value is -1.01. The summed E-state index contributed by atoms with van der Waals surface area (Å²) in [6.45, 7) is 4.45. The number of hydrogen-bond donors (Lipinski definition) is 2. The van der Waals surface area contributed by atoms with Gasteiger partial charge in [-0.15, -0.1) is 11.8 Å². The first-order valence-electron chi connectivity index (χ1n) is 4.14. The number of nitrogens with one attached hydrogen (secondary N) is 1. The third kappa shape index (κ3) is 4.75. The number of hydrogen-bond acceptors (Lipinski definition) is 2. The third-order valence-electron chi connectivity index (χ3n) is 1.57. The molecule has 0 heterocycles. The summed E-state index contributed by atoms with van der Waals surface area (Å²) in [5, 5.41) is 3.03. The third-order valence-corrected chi connectivity index (χ3v) is 1.57. The highest BCUT2D eigenvalue weighted by molar-refractivity contribution is 5.79. The zero-order valence-corrected chi connectivity index (χ0v) is 7.68. The molecule has 0 fully saturated rings. The van der Waals surface area contributed by atoms with Crippen LogP contribution < -0.4 is 11.1 Å². The minimum Gasteiger partial charge on any atom is -0.368 e. The van der Waals surface area contributed by atoms with Crippen LogP contribution in [0.25, 0.3) is 0 Å². The van der Waals surface area contributed by atoms with Gasteiger partial charge < -0.3 is 11.1 Å². The summed E-state index contributed by atoms with van der Waals surface area (Å²) in [5.74, 6) is 5.39. The summed E-state index contributed by atoms with van der Waals surface area (Å²) in [6, 6.07) is -0.205. The van der Waals surface area contributed by atoms with Crippen molar-refractivity contribution < 1.29 is 4.79 Å². The van der Waals surface area contributed by atoms with E-state index in [1.54, 1.807) is 6.92 Å². The summed E-state index contributed by atoms with van der Waals surface area (Å²) >= 11 is 0. The molecule has 0 radical (unpaired) electrons. The van der Waals surface area contributed by atoms with Gasteiger partial charge in [0, 0.05) is 13.0 Å². The summed E-state index contributed by atoms with van der Waals surface area (Å²) in [5.41, 5.74) is 5.12. The Bertz CT molecular complexity index is 190. The molecule has 3 nitrogen and oxygen atoms in total. The molecular formula is C9H16N2O. The van der Waals surface area contributed by atoms with Crippen molar-refractivity contribution in [1.29, 1.82) is 0 Å². The van der Waals surface area contributed by atoms with E-state index < -0.39 is 0 Å². The van der Waals surface area contributed by atoms with Crippen molar-refractivity contribution in [3.8, 4) is 11.8 Å². The van der Waals surface area contributed by atoms with Gasteiger partial charge in [0.25, 0.3) is 0 Å². The maximum Gasteiger partial charge on any atom is 0.234 e. The van der Waals surface area contributed by atoms with E-state index in [4.69, 9.17) is 5.73 Å². The van der Waals surface area contributed by atoms with E-state index in [2.05, 4.69) is 17.2 Å². The van der Waals surface area contributed by atoms with Gasteiger partial charge in [-0.3, -0.25) is 4.79 Å². The molecule has 0 spiro atoms. The predicted octanol–water partition coefficient (Wildman–Crippen LogP) is 0.253. The Morgan fingerprint density at radius 3 is 2.75 bits per heavy atom. The Balaban J connectivity index is 3.56. The molecule has 0 aromatic carbocycles. The first-order chi connectivity index (χ1) is 5.72. The van der Waals surface area contributed by atoms with Crippen LogP contribution >= 0.6 is 0 Å². The van der Waals surface area contributed by atoms with E-state index in [1.807, 2.05) is 6.92 Å². The second-order valence-electron chi connectivity index (χ2n) is 2.49. The fourth-order valence-electron chi connectivity index (χ4n) is 0.880. The molecule has 3 N–H and O–H groups in total. The van der Waals surface area contributed by atoms with E-state index in [9.17, 15) is 4.79 Å². The molecule has 0 bridgehead atoms. The van der Waals surface area contributed by atoms with Crippen molar-refractivity contribution >= 4 is 5.91 Å². The molecule has 1 unspecified atom stereocenters. The van der Waals surface area contributed by atoms with E-state index >= 15 is 0 Å². The SMILES string of the molecule is CC#CCCNC(CC)C(N)=O. The summed E-state index contributed by atoms with van der Waals surface area (Å²) in [6.07, 6.45) is 1.50. The quantitative estimate of drug-likeness (QED) is 0.457. The molecule has 1 amide bonds. The fraction of sp³-hybridized carbons (Fsp3) is 0.667. The molecule has 1 atom stereocenters. The van der Waals surface area contributed by atoms with Crippen LogP contribution in [0.1, 0.15) is 26.7 Å². The van der Waals surface area contributed by atoms with Crippen LogP contribution in [-0.2, 0) is 4.79 Å². The topological polar surface area (TPSA) is 55.1 Å². The summed E-state index contributed by atoms with van der Waals surface area (Å²) in [4.78, 5) is 10.7. The molecule has 0 rings (SSSR count). The number of primary amides is 1. The maximum absolute atomic E-state index is 10.7. The predicted molar refractivity (Wildman–Crippen MR) is 49.3 cm³/mol. The number of carbonyl (C=O) groups is 1. The van der Waals surface area contributed by atoms with Gasteiger partial charge in [-0.05, 0) is 13.3 Å². The van der Waals surface area contributed by atoms with Crippen LogP contribution in [0.4, 0.5) is 0 Å². The molecule has 12 heavy (non-hydrogen) atoms. The highest BCUT2D eigenvalue weighted by Gasteiger charge is 2.09. The monoisotopic (exact) mass is 168 g/mol. The van der Waals surface area contributed by atoms with Gasteiger partial charge in [-0.1, -0.05) is 6.92 Å². The minimum absolute atomic E-state index is 0.205. The first-order valence-corrected chi connectivity index (χ1v) is 4.14. The van der Waals surface area contributed by atoms with E-state index in [0.717, 1.165) is 19.4 Å². The molecule has 68 valence electrons. The number of amides is 1. The molecular weight excluding hydrogens is 152 g/mol. The second-order valence-corrected chi connectivity index (χ2v) is 2.49. The zero-order chi connectivity index (χ0) is 9.40. The molecule has 3 heteroatoms. The van der Waals surface area contributed by atoms with Crippen LogP contribution in [-0.4, -0.2) is 18.5 Å². The van der Waals surface area contributed by atoms with Gasteiger partial charge >= 0.3 is 0 Å². The Labute approximate surface area is 73.7 Å². The lowest BCUT2D eigenvalue weighted by molar-refractivity contribution is -0.120. The lowest BCUT2D eigenvalue weighted by Gasteiger charge is -2.10. The Morgan fingerprint density at radius 2 is 2.33 bits per heavy atom. The highest BCUT2D eigenvalue weighted by atomic mass is 16.1. The highest BCUT2D eigenvalue weighted by Crippen LogP contribution is 1.88. The average Bonchev–Trinajstić information content (AvgIpc) is 2.04. The van der Waals surface area contributed by atoms with Crippen LogP contribution in [0.15, 0.2) is 0 Å². The standard InChI is InChI=1S/C9H16N2O/c1-3-5-6-7-11-8(4-2)9(10)12/h8,11H,4,6-7H2,1-2H3,(H2,10,12). The van der Waals surface area contributed by atoms with Gasteiger partial charge in [-0.2, -0.15) is 0 Å². The van der Waals surface area contributed by atoms with Crippen LogP contribution in [0, 0.1) is 11.8 Å². The minimum atomic E-state index is -0.290. The first kappa shape index (κ1) is 11.0. The second kappa shape index (κ2) is 6.68. The van der Waals surface area contributed by atoms with Gasteiger partial charge in [0.05, 0.1) is 6.04 Å². The lowest BCUT2D eigenvalue weighted by atomic mass is 10.2. The molecule has 0 aliphatic carbocycles. The van der Waals surface area contributed by atoms with E-state index in [-0.39, 0.29) is 11.9 Å². The fourth-order valence-corrected chi connectivity index (χ4v) is 0.880. The van der Waals surface area contributed by atoms with Crippen LogP contribution in [0.2, 0.25) is 0 Å². The van der Waals surface area contributed by atoms with Crippen molar-refractivity contribution in [2.24, 2.45) is 5.73 Å². The van der Waals surface area contributed by atoms with Gasteiger partial charge in [0.1, 0.15) is 0 Å². The van der Waals surface area contributed by atoms with Crippen LogP contribution in [0.5, 0.6) is 0 Å². The Kier molecular flexibility index (Phi) is 6.12. The van der Waals surface area contributed by atoms with Crippen molar-refractivity contribution in [2.75, 3.05) is 6.54 Å².